The summed E-state index contributed by atoms with van der Waals surface area (Å²) in [6, 6.07) is 0. The second-order valence-corrected chi connectivity index (χ2v) is 4.41. The summed E-state index contributed by atoms with van der Waals surface area (Å²) in [4.78, 5) is 16.1. The van der Waals surface area contributed by atoms with E-state index in [9.17, 15) is 4.79 Å². The van der Waals surface area contributed by atoms with E-state index in [1.807, 2.05) is 13.1 Å². The quantitative estimate of drug-likeness (QED) is 0.803. The minimum Gasteiger partial charge on any atom is -0.356 e. The van der Waals surface area contributed by atoms with Crippen LogP contribution in [0, 0.1) is 6.92 Å². The highest BCUT2D eigenvalue weighted by molar-refractivity contribution is 7.11. The summed E-state index contributed by atoms with van der Waals surface area (Å²) in [5.41, 5.74) is 0. The second kappa shape index (κ2) is 4.37. The van der Waals surface area contributed by atoms with E-state index in [-0.39, 0.29) is 5.91 Å². The molecule has 0 aliphatic heterocycles. The van der Waals surface area contributed by atoms with Crippen molar-refractivity contribution in [3.8, 4) is 0 Å². The molecule has 1 unspecified atom stereocenters. The van der Waals surface area contributed by atoms with E-state index in [0.29, 0.717) is 12.5 Å². The van der Waals surface area contributed by atoms with Crippen LogP contribution in [0.25, 0.3) is 0 Å². The van der Waals surface area contributed by atoms with Gasteiger partial charge in [-0.05, 0) is 6.92 Å². The molecular weight excluding hydrogens is 184 g/mol. The smallest absolute Gasteiger partial charge is 0.216 e. The molecule has 1 N–H and O–H groups in total. The molecule has 0 aliphatic rings. The molecule has 1 aromatic rings. The molecule has 0 saturated carbocycles. The van der Waals surface area contributed by atoms with Gasteiger partial charge in [0.25, 0.3) is 0 Å². The van der Waals surface area contributed by atoms with Gasteiger partial charge in [0.15, 0.2) is 0 Å². The van der Waals surface area contributed by atoms with Crippen molar-refractivity contribution < 1.29 is 4.79 Å². The van der Waals surface area contributed by atoms with Crippen molar-refractivity contribution >= 4 is 17.2 Å². The standard InChI is InChI=1S/C9H14N2OS/c1-6(4-10-8(3)12)9-11-5-7(2)13-9/h5-6H,4H2,1-3H3,(H,10,12). The number of amides is 1. The van der Waals surface area contributed by atoms with Crippen molar-refractivity contribution in [1.29, 1.82) is 0 Å². The number of rotatable bonds is 3. The second-order valence-electron chi connectivity index (χ2n) is 3.15. The van der Waals surface area contributed by atoms with Crippen LogP contribution < -0.4 is 5.32 Å². The Bertz CT molecular complexity index is 296. The van der Waals surface area contributed by atoms with Gasteiger partial charge in [-0.15, -0.1) is 11.3 Å². The fourth-order valence-corrected chi connectivity index (χ4v) is 1.81. The zero-order valence-corrected chi connectivity index (χ0v) is 8.94. The largest absolute Gasteiger partial charge is 0.356 e. The van der Waals surface area contributed by atoms with Crippen LogP contribution in [0.4, 0.5) is 0 Å². The highest BCUT2D eigenvalue weighted by Gasteiger charge is 2.09. The lowest BCUT2D eigenvalue weighted by Gasteiger charge is -2.07. The molecule has 13 heavy (non-hydrogen) atoms. The molecule has 0 spiro atoms. The van der Waals surface area contributed by atoms with Crippen LogP contribution in [0.15, 0.2) is 6.20 Å². The first-order valence-corrected chi connectivity index (χ1v) is 5.08. The zero-order chi connectivity index (χ0) is 9.84. The molecule has 72 valence electrons. The van der Waals surface area contributed by atoms with Crippen molar-refractivity contribution in [1.82, 2.24) is 10.3 Å². The number of nitrogens with one attached hydrogen (secondary N) is 1. The van der Waals surface area contributed by atoms with Crippen LogP contribution in [-0.4, -0.2) is 17.4 Å². The van der Waals surface area contributed by atoms with E-state index in [1.165, 1.54) is 11.8 Å². The van der Waals surface area contributed by atoms with E-state index in [4.69, 9.17) is 0 Å². The minimum atomic E-state index is 0.0140. The van der Waals surface area contributed by atoms with Crippen LogP contribution in [0.2, 0.25) is 0 Å². The maximum atomic E-state index is 10.7. The summed E-state index contributed by atoms with van der Waals surface area (Å²) in [6.07, 6.45) is 1.87. The Morgan fingerprint density at radius 2 is 2.46 bits per heavy atom. The third-order valence-corrected chi connectivity index (χ3v) is 2.86. The molecule has 0 aromatic carbocycles. The zero-order valence-electron chi connectivity index (χ0n) is 8.13. The Hall–Kier alpha value is -0.900. The Morgan fingerprint density at radius 3 is 2.92 bits per heavy atom. The van der Waals surface area contributed by atoms with E-state index >= 15 is 0 Å². The lowest BCUT2D eigenvalue weighted by Crippen LogP contribution is -2.24. The summed E-state index contributed by atoms with van der Waals surface area (Å²) >= 11 is 1.69. The van der Waals surface area contributed by atoms with Gasteiger partial charge in [-0.3, -0.25) is 4.79 Å². The molecule has 1 heterocycles. The third-order valence-electron chi connectivity index (χ3n) is 1.72. The average Bonchev–Trinajstić information content (AvgIpc) is 2.47. The molecule has 0 bridgehead atoms. The summed E-state index contributed by atoms with van der Waals surface area (Å²) in [7, 11) is 0. The summed E-state index contributed by atoms with van der Waals surface area (Å²) in [5, 5.41) is 3.87. The van der Waals surface area contributed by atoms with Gasteiger partial charge in [0, 0.05) is 30.5 Å². The van der Waals surface area contributed by atoms with Crippen molar-refractivity contribution in [2.45, 2.75) is 26.7 Å². The summed E-state index contributed by atoms with van der Waals surface area (Å²) in [5.74, 6) is 0.322. The molecule has 0 aliphatic carbocycles. The maximum Gasteiger partial charge on any atom is 0.216 e. The van der Waals surface area contributed by atoms with Crippen LogP contribution >= 0.6 is 11.3 Å². The molecule has 1 amide bonds. The predicted molar refractivity (Wildman–Crippen MR) is 53.9 cm³/mol. The first kappa shape index (κ1) is 10.2. The lowest BCUT2D eigenvalue weighted by molar-refractivity contribution is -0.119. The van der Waals surface area contributed by atoms with Crippen LogP contribution in [-0.2, 0) is 4.79 Å². The predicted octanol–water partition coefficient (Wildman–Crippen LogP) is 1.69. The molecule has 1 aromatic heterocycles. The van der Waals surface area contributed by atoms with Gasteiger partial charge >= 0.3 is 0 Å². The monoisotopic (exact) mass is 198 g/mol. The summed E-state index contributed by atoms with van der Waals surface area (Å²) < 4.78 is 0. The number of hydrogen-bond acceptors (Lipinski definition) is 3. The first-order valence-electron chi connectivity index (χ1n) is 4.26. The molecule has 3 nitrogen and oxygen atoms in total. The average molecular weight is 198 g/mol. The molecule has 1 rings (SSSR count). The highest BCUT2D eigenvalue weighted by atomic mass is 32.1. The van der Waals surface area contributed by atoms with Crippen molar-refractivity contribution in [2.24, 2.45) is 0 Å². The molecule has 4 heteroatoms. The lowest BCUT2D eigenvalue weighted by atomic mass is 10.2. The summed E-state index contributed by atoms with van der Waals surface area (Å²) in [6.45, 7) is 6.29. The normalized spacial score (nSPS) is 12.5. The Labute approximate surface area is 82.2 Å². The van der Waals surface area contributed by atoms with E-state index in [2.05, 4.69) is 17.2 Å². The van der Waals surface area contributed by atoms with Gasteiger partial charge in [-0.25, -0.2) is 4.98 Å². The molecule has 0 radical (unpaired) electrons. The van der Waals surface area contributed by atoms with Gasteiger partial charge in [0.2, 0.25) is 5.91 Å². The number of nitrogens with zero attached hydrogens (tertiary/aromatic N) is 1. The maximum absolute atomic E-state index is 10.7. The van der Waals surface area contributed by atoms with Crippen LogP contribution in [0.3, 0.4) is 0 Å². The molecule has 1 atom stereocenters. The van der Waals surface area contributed by atoms with Crippen LogP contribution in [0.1, 0.15) is 29.7 Å². The van der Waals surface area contributed by atoms with Gasteiger partial charge in [-0.2, -0.15) is 0 Å². The fourth-order valence-electron chi connectivity index (χ4n) is 0.984. The Morgan fingerprint density at radius 1 is 1.77 bits per heavy atom. The van der Waals surface area contributed by atoms with Gasteiger partial charge < -0.3 is 5.32 Å². The minimum absolute atomic E-state index is 0.0140. The van der Waals surface area contributed by atoms with Crippen molar-refractivity contribution in [2.75, 3.05) is 6.54 Å². The molecular formula is C9H14N2OS. The molecule has 0 fully saturated rings. The van der Waals surface area contributed by atoms with E-state index in [0.717, 1.165) is 5.01 Å². The topological polar surface area (TPSA) is 42.0 Å². The number of aryl methyl sites for hydroxylation is 1. The number of aromatic nitrogens is 1. The highest BCUT2D eigenvalue weighted by Crippen LogP contribution is 2.19. The number of carbonyl (C=O) groups is 1. The van der Waals surface area contributed by atoms with Gasteiger partial charge in [0.1, 0.15) is 0 Å². The van der Waals surface area contributed by atoms with E-state index in [1.54, 1.807) is 11.3 Å². The number of hydrogen-bond donors (Lipinski definition) is 1. The third kappa shape index (κ3) is 3.14. The Kier molecular flexibility index (Phi) is 3.42. The SMILES string of the molecule is CC(=O)NCC(C)c1ncc(C)s1. The van der Waals surface area contributed by atoms with Gasteiger partial charge in [0.05, 0.1) is 5.01 Å². The van der Waals surface area contributed by atoms with Crippen molar-refractivity contribution in [3.05, 3.63) is 16.1 Å². The van der Waals surface area contributed by atoms with Gasteiger partial charge in [-0.1, -0.05) is 6.92 Å². The van der Waals surface area contributed by atoms with Crippen LogP contribution in [0.5, 0.6) is 0 Å². The number of carbonyl (C=O) groups excluding carboxylic acids is 1. The fraction of sp³-hybridized carbons (Fsp3) is 0.556. The first-order chi connectivity index (χ1) is 6.09. The van der Waals surface area contributed by atoms with E-state index < -0.39 is 0 Å². The van der Waals surface area contributed by atoms with Crippen molar-refractivity contribution in [3.63, 3.8) is 0 Å². The number of thiazole rings is 1. The molecule has 0 saturated heterocycles. The Balaban J connectivity index is 2.48.